The lowest BCUT2D eigenvalue weighted by molar-refractivity contribution is -0.142. The van der Waals surface area contributed by atoms with Crippen LogP contribution in [0.1, 0.15) is 25.7 Å². The van der Waals surface area contributed by atoms with Crippen LogP contribution in [0.25, 0.3) is 22.4 Å². The number of aliphatic carboxylic acids is 1. The maximum atomic E-state index is 10.7. The smallest absolute Gasteiger partial charge is 0.329 e. The Kier molecular flexibility index (Phi) is 8.58. The molecule has 1 aromatic heterocycles. The van der Waals surface area contributed by atoms with Crippen molar-refractivity contribution in [3.63, 3.8) is 0 Å². The zero-order valence-electron chi connectivity index (χ0n) is 20.4. The molecule has 8 heteroatoms. The van der Waals surface area contributed by atoms with E-state index in [2.05, 4.69) is 6.07 Å². The number of nitrogens with zero attached hydrogens (tertiary/aromatic N) is 3. The molecular weight excluding hydrogens is 458 g/mol. The number of carboxylic acids is 1. The topological polar surface area (TPSA) is 107 Å². The quantitative estimate of drug-likeness (QED) is 0.402. The number of ether oxygens (including phenoxy) is 3. The van der Waals surface area contributed by atoms with Crippen LogP contribution in [-0.4, -0.2) is 47.8 Å². The minimum absolute atomic E-state index is 0.0788. The van der Waals surface area contributed by atoms with Crippen molar-refractivity contribution in [2.45, 2.75) is 32.2 Å². The highest BCUT2D eigenvalue weighted by molar-refractivity contribution is 5.85. The van der Waals surface area contributed by atoms with Crippen LogP contribution in [0.5, 0.6) is 11.6 Å². The van der Waals surface area contributed by atoms with Gasteiger partial charge in [0.15, 0.2) is 6.61 Å². The molecule has 0 saturated heterocycles. The minimum Gasteiger partial charge on any atom is -0.497 e. The average molecular weight is 490 g/mol. The highest BCUT2D eigenvalue weighted by Crippen LogP contribution is 2.41. The number of benzene rings is 2. The van der Waals surface area contributed by atoms with Crippen molar-refractivity contribution in [3.8, 4) is 40.1 Å². The Labute approximate surface area is 211 Å². The van der Waals surface area contributed by atoms with Crippen LogP contribution in [0.4, 0.5) is 0 Å². The monoisotopic (exact) mass is 489 g/mol. The number of methoxy groups -OCH3 is 1. The molecule has 0 spiro atoms. The second kappa shape index (κ2) is 12.2. The largest absolute Gasteiger partial charge is 0.497 e. The fraction of sp³-hybridized carbons (Fsp3) is 0.393. The summed E-state index contributed by atoms with van der Waals surface area (Å²) in [7, 11) is 1.64. The summed E-state index contributed by atoms with van der Waals surface area (Å²) >= 11 is 0. The van der Waals surface area contributed by atoms with E-state index >= 15 is 0 Å². The summed E-state index contributed by atoms with van der Waals surface area (Å²) in [5, 5.41) is 23.0. The Bertz CT molecular complexity index is 1190. The first kappa shape index (κ1) is 25.3. The van der Waals surface area contributed by atoms with Gasteiger partial charge in [-0.15, -0.1) is 0 Å². The lowest BCUT2D eigenvalue weighted by Crippen LogP contribution is -2.23. The van der Waals surface area contributed by atoms with Crippen molar-refractivity contribution in [3.05, 3.63) is 54.6 Å². The van der Waals surface area contributed by atoms with E-state index in [-0.39, 0.29) is 13.2 Å². The van der Waals surface area contributed by atoms with Gasteiger partial charge in [-0.2, -0.15) is 10.4 Å². The summed E-state index contributed by atoms with van der Waals surface area (Å²) in [5.74, 6) is 1.14. The number of rotatable bonds is 11. The average Bonchev–Trinajstić information content (AvgIpc) is 3.26. The Morgan fingerprint density at radius 2 is 1.81 bits per heavy atom. The molecular formula is C28H31N3O5. The maximum absolute atomic E-state index is 10.7. The molecule has 1 heterocycles. The third-order valence-electron chi connectivity index (χ3n) is 6.56. The van der Waals surface area contributed by atoms with Gasteiger partial charge in [-0.3, -0.25) is 0 Å². The van der Waals surface area contributed by atoms with E-state index in [0.717, 1.165) is 53.8 Å². The summed E-state index contributed by atoms with van der Waals surface area (Å²) < 4.78 is 18.7. The van der Waals surface area contributed by atoms with Crippen molar-refractivity contribution < 1.29 is 24.1 Å². The van der Waals surface area contributed by atoms with Crippen molar-refractivity contribution in [1.82, 2.24) is 9.78 Å². The van der Waals surface area contributed by atoms with Gasteiger partial charge >= 0.3 is 5.97 Å². The normalized spacial score (nSPS) is 17.3. The summed E-state index contributed by atoms with van der Waals surface area (Å²) in [6.07, 6.45) is 3.95. The Morgan fingerprint density at radius 3 is 2.50 bits per heavy atom. The lowest BCUT2D eigenvalue weighted by Gasteiger charge is -2.28. The van der Waals surface area contributed by atoms with Gasteiger partial charge in [0.1, 0.15) is 24.1 Å². The van der Waals surface area contributed by atoms with Gasteiger partial charge in [0.25, 0.3) is 0 Å². The third kappa shape index (κ3) is 6.23. The van der Waals surface area contributed by atoms with Crippen LogP contribution < -0.4 is 9.47 Å². The number of carbonyl (C=O) groups is 1. The molecule has 8 nitrogen and oxygen atoms in total. The molecule has 1 N–H and O–H groups in total. The van der Waals surface area contributed by atoms with Crippen LogP contribution in [0, 0.1) is 23.2 Å². The standard InChI is InChI=1S/C28H31N3O5/c1-34-24-9-5-8-23(16-24)26-27(22-6-3-2-4-7-22)30-31(28(26)36-15-14-29)17-20-10-12-21(13-11-20)18-35-19-25(32)33/h2-9,16,20-21H,10-13,15,17-19H2,1H3,(H,32,33)/t20-,21+. The van der Waals surface area contributed by atoms with Gasteiger partial charge in [0, 0.05) is 12.1 Å². The molecule has 1 fully saturated rings. The zero-order valence-corrected chi connectivity index (χ0v) is 20.4. The Balaban J connectivity index is 1.62. The SMILES string of the molecule is COc1cccc(-c2c(-c3ccccc3)nn(C[C@H]3CC[C@@H](COCC(=O)O)CC3)c2OCC#N)c1. The summed E-state index contributed by atoms with van der Waals surface area (Å²) in [6, 6.07) is 19.8. The van der Waals surface area contributed by atoms with Gasteiger partial charge < -0.3 is 19.3 Å². The summed E-state index contributed by atoms with van der Waals surface area (Å²) in [6.45, 7) is 0.829. The number of hydrogen-bond acceptors (Lipinski definition) is 6. The van der Waals surface area contributed by atoms with Crippen LogP contribution in [0.2, 0.25) is 0 Å². The molecule has 0 radical (unpaired) electrons. The number of carboxylic acid groups (broad SMARTS) is 1. The molecule has 2 aromatic carbocycles. The molecule has 36 heavy (non-hydrogen) atoms. The fourth-order valence-electron chi connectivity index (χ4n) is 4.79. The molecule has 0 amide bonds. The second-order valence-electron chi connectivity index (χ2n) is 9.05. The van der Waals surface area contributed by atoms with Crippen molar-refractivity contribution in [1.29, 1.82) is 5.26 Å². The molecule has 0 atom stereocenters. The van der Waals surface area contributed by atoms with Crippen LogP contribution in [0.3, 0.4) is 0 Å². The van der Waals surface area contributed by atoms with E-state index in [0.29, 0.717) is 30.9 Å². The molecule has 0 bridgehead atoms. The van der Waals surface area contributed by atoms with Gasteiger partial charge in [0.05, 0.1) is 19.3 Å². The molecule has 4 rings (SSSR count). The first-order chi connectivity index (χ1) is 17.6. The first-order valence-corrected chi connectivity index (χ1v) is 12.2. The molecule has 1 aliphatic carbocycles. The second-order valence-corrected chi connectivity index (χ2v) is 9.05. The maximum Gasteiger partial charge on any atom is 0.329 e. The van der Waals surface area contributed by atoms with Crippen LogP contribution in [0.15, 0.2) is 54.6 Å². The number of hydrogen-bond donors (Lipinski definition) is 1. The Hall–Kier alpha value is -3.83. The predicted octanol–water partition coefficient (Wildman–Crippen LogP) is 5.04. The molecule has 188 valence electrons. The van der Waals surface area contributed by atoms with E-state index in [4.69, 9.17) is 24.4 Å². The van der Waals surface area contributed by atoms with E-state index < -0.39 is 5.97 Å². The highest BCUT2D eigenvalue weighted by atomic mass is 16.5. The van der Waals surface area contributed by atoms with Gasteiger partial charge in [-0.05, 0) is 55.2 Å². The third-order valence-corrected chi connectivity index (χ3v) is 6.56. The first-order valence-electron chi connectivity index (χ1n) is 12.2. The van der Waals surface area contributed by atoms with Crippen molar-refractivity contribution in [2.24, 2.45) is 11.8 Å². The number of nitriles is 1. The van der Waals surface area contributed by atoms with Gasteiger partial charge in [-0.1, -0.05) is 42.5 Å². The van der Waals surface area contributed by atoms with E-state index in [1.54, 1.807) is 7.11 Å². The van der Waals surface area contributed by atoms with Crippen LogP contribution in [-0.2, 0) is 16.1 Å². The molecule has 0 unspecified atom stereocenters. The van der Waals surface area contributed by atoms with Crippen LogP contribution >= 0.6 is 0 Å². The van der Waals surface area contributed by atoms with Crippen molar-refractivity contribution >= 4 is 5.97 Å². The predicted molar refractivity (Wildman–Crippen MR) is 135 cm³/mol. The number of aromatic nitrogens is 2. The van der Waals surface area contributed by atoms with Crippen molar-refractivity contribution in [2.75, 3.05) is 26.9 Å². The molecule has 0 aliphatic heterocycles. The summed E-state index contributed by atoms with van der Waals surface area (Å²) in [4.78, 5) is 10.7. The fourth-order valence-corrected chi connectivity index (χ4v) is 4.79. The zero-order chi connectivity index (χ0) is 25.3. The van der Waals surface area contributed by atoms with Gasteiger partial charge in [-0.25, -0.2) is 9.48 Å². The molecule has 1 saturated carbocycles. The Morgan fingerprint density at radius 1 is 1.08 bits per heavy atom. The highest BCUT2D eigenvalue weighted by Gasteiger charge is 2.27. The van der Waals surface area contributed by atoms with E-state index in [9.17, 15) is 10.1 Å². The molecule has 1 aliphatic rings. The lowest BCUT2D eigenvalue weighted by atomic mass is 9.82. The van der Waals surface area contributed by atoms with E-state index in [1.165, 1.54) is 0 Å². The van der Waals surface area contributed by atoms with Gasteiger partial charge in [0.2, 0.25) is 5.88 Å². The summed E-state index contributed by atoms with van der Waals surface area (Å²) in [5.41, 5.74) is 3.51. The molecule has 3 aromatic rings. The minimum atomic E-state index is -0.937. The van der Waals surface area contributed by atoms with E-state index in [1.807, 2.05) is 59.3 Å².